The summed E-state index contributed by atoms with van der Waals surface area (Å²) in [6.45, 7) is 7.38. The van der Waals surface area contributed by atoms with E-state index in [4.69, 9.17) is 24.7 Å². The number of hydrogen-bond acceptors (Lipinski definition) is 20. The number of Topliss-reactive ketones (excluding diaryl/α,β-unsaturated/α-hetero) is 2. The topological polar surface area (TPSA) is 358 Å². The molecule has 3 aliphatic rings. The number of amides is 1. The molecule has 83 heavy (non-hydrogen) atoms. The van der Waals surface area contributed by atoms with Crippen molar-refractivity contribution in [3.05, 3.63) is 115 Å². The largest absolute Gasteiger partial charge is 0.461 e. The minimum atomic E-state index is -2.26. The number of fused-ring (bicyclic) bond motifs is 2. The van der Waals surface area contributed by atoms with Crippen molar-refractivity contribution in [3.8, 4) is 0 Å². The molecule has 464 valence electrons. The molecule has 1 aromatic carbocycles. The molecule has 2 bridgehead atoms. The van der Waals surface area contributed by atoms with Crippen LogP contribution in [-0.4, -0.2) is 186 Å². The van der Waals surface area contributed by atoms with Crippen molar-refractivity contribution in [1.29, 1.82) is 0 Å². The normalized spacial score (nSPS) is 37.1. The van der Waals surface area contributed by atoms with Crippen LogP contribution in [0.2, 0.25) is 0 Å². The van der Waals surface area contributed by atoms with Gasteiger partial charge in [-0.15, -0.1) is 0 Å². The van der Waals surface area contributed by atoms with Gasteiger partial charge in [-0.1, -0.05) is 106 Å². The second-order valence-electron chi connectivity index (χ2n) is 22.4. The van der Waals surface area contributed by atoms with Gasteiger partial charge in [-0.2, -0.15) is 0 Å². The number of nitrogens with one attached hydrogen (secondary N) is 2. The molecule has 21 nitrogen and oxygen atoms in total. The number of aliphatic hydroxyl groups excluding tert-OH is 9. The summed E-state index contributed by atoms with van der Waals surface area (Å²) in [5, 5.41) is 116. The van der Waals surface area contributed by atoms with Gasteiger partial charge < -0.3 is 86.4 Å². The summed E-state index contributed by atoms with van der Waals surface area (Å²) in [5.74, 6) is -6.39. The molecule has 1 amide bonds. The molecule has 4 rings (SSSR count). The van der Waals surface area contributed by atoms with E-state index in [0.717, 1.165) is 5.69 Å². The Morgan fingerprint density at radius 3 is 1.90 bits per heavy atom. The van der Waals surface area contributed by atoms with E-state index in [0.29, 0.717) is 18.4 Å². The number of ketones is 2. The molecule has 0 aromatic heterocycles. The first-order chi connectivity index (χ1) is 39.4. The second kappa shape index (κ2) is 36.0. The Hall–Kier alpha value is -5.08. The highest BCUT2D eigenvalue weighted by Crippen LogP contribution is 2.38. The fraction of sp³-hybridized carbons (Fsp3) is 0.613. The number of nitrogens with two attached hydrogens (primary N) is 1. The maximum Gasteiger partial charge on any atom is 0.308 e. The predicted molar refractivity (Wildman–Crippen MR) is 311 cm³/mol. The number of anilines is 1. The molecule has 21 heteroatoms. The number of rotatable bonds is 13. The van der Waals surface area contributed by atoms with Crippen molar-refractivity contribution >= 4 is 29.1 Å². The summed E-state index contributed by atoms with van der Waals surface area (Å²) in [6, 6.07) is 5.78. The van der Waals surface area contributed by atoms with Gasteiger partial charge in [-0.25, -0.2) is 0 Å². The molecule has 3 heterocycles. The molecule has 19 atom stereocenters. The lowest BCUT2D eigenvalue weighted by molar-refractivity contribution is -0.307. The molecule has 14 N–H and O–H groups in total. The van der Waals surface area contributed by atoms with Crippen LogP contribution in [0.15, 0.2) is 109 Å². The minimum absolute atomic E-state index is 0.101. The van der Waals surface area contributed by atoms with Crippen LogP contribution in [0.25, 0.3) is 0 Å². The van der Waals surface area contributed by atoms with Crippen LogP contribution in [0.1, 0.15) is 122 Å². The number of aliphatic hydroxyl groups is 10. The van der Waals surface area contributed by atoms with Crippen LogP contribution in [0.3, 0.4) is 0 Å². The molecule has 0 radical (unpaired) electrons. The van der Waals surface area contributed by atoms with Crippen LogP contribution in [-0.2, 0) is 33.3 Å². The standard InChI is InChI=1S/C62H93N3O18/c1-6-27-65-60(78)55-52(74)37-62(79)36-49(72)32-47(70)30-45(68)28-44(67)29-46(69)31-48(71)34-54(75)82-59(39(3)21-26-43(66)33-51(73)41-22-24-42(64-5)25-23-41)38(2)19-17-15-13-11-9-7-8-10-12-14-16-18-20-50(35-53(55)83-62)81-61-58(77)56(63)57(76)40(4)80-61/h7-20,22-25,38-40,43-45,47-50,52-53,55-59,61,64,66-68,70-72,74,76-77,79H,6,21,26-37,63H2,1-5H3,(H,65,78)/b8-7-,11-9-,12-10+,15-13+,16-14+,19-17+,20-18+/t38?,39?,40-,43?,44?,45?,47?,48?,49?,50?,52?,53?,55?,56+,57-,58+,59?,61+,62?/m1/s1. The Morgan fingerprint density at radius 2 is 1.30 bits per heavy atom. The van der Waals surface area contributed by atoms with Gasteiger partial charge in [0.25, 0.3) is 0 Å². The molecule has 2 saturated heterocycles. The van der Waals surface area contributed by atoms with Gasteiger partial charge in [-0.05, 0) is 75.6 Å². The third-order valence-corrected chi connectivity index (χ3v) is 14.9. The number of carbonyl (C=O) groups is 4. The number of allylic oxidation sites excluding steroid dienone is 12. The van der Waals surface area contributed by atoms with Crippen LogP contribution in [0, 0.1) is 17.8 Å². The van der Waals surface area contributed by atoms with Gasteiger partial charge in [-0.3, -0.25) is 19.2 Å². The van der Waals surface area contributed by atoms with Crippen LogP contribution in [0.4, 0.5) is 5.69 Å². The Labute approximate surface area is 488 Å². The van der Waals surface area contributed by atoms with E-state index >= 15 is 0 Å². The molecular formula is C62H93N3O18. The monoisotopic (exact) mass is 1170 g/mol. The summed E-state index contributed by atoms with van der Waals surface area (Å²) in [4.78, 5) is 52.9. The van der Waals surface area contributed by atoms with E-state index in [-0.39, 0.29) is 56.3 Å². The van der Waals surface area contributed by atoms with Crippen molar-refractivity contribution in [2.45, 2.75) is 209 Å². The zero-order valence-corrected chi connectivity index (χ0v) is 48.5. The maximum absolute atomic E-state index is 13.6. The third kappa shape index (κ3) is 24.8. The molecule has 1 aromatic rings. The van der Waals surface area contributed by atoms with Crippen LogP contribution in [0.5, 0.6) is 0 Å². The zero-order chi connectivity index (χ0) is 61.2. The van der Waals surface area contributed by atoms with Crippen molar-refractivity contribution in [2.75, 3.05) is 18.9 Å². The minimum Gasteiger partial charge on any atom is -0.461 e. The average Bonchev–Trinajstić information content (AvgIpc) is 3.54. The van der Waals surface area contributed by atoms with Gasteiger partial charge in [0.1, 0.15) is 18.0 Å². The molecule has 0 saturated carbocycles. The van der Waals surface area contributed by atoms with Crippen LogP contribution >= 0.6 is 0 Å². The van der Waals surface area contributed by atoms with E-state index in [2.05, 4.69) is 10.6 Å². The third-order valence-electron chi connectivity index (χ3n) is 14.9. The highest BCUT2D eigenvalue weighted by atomic mass is 16.7. The molecule has 0 spiro atoms. The molecule has 0 aliphatic carbocycles. The first-order valence-electron chi connectivity index (χ1n) is 29.0. The Bertz CT molecular complexity index is 2360. The van der Waals surface area contributed by atoms with E-state index in [1.165, 1.54) is 0 Å². The van der Waals surface area contributed by atoms with Gasteiger partial charge in [0, 0.05) is 69.3 Å². The van der Waals surface area contributed by atoms with Gasteiger partial charge in [0.2, 0.25) is 5.91 Å². The van der Waals surface area contributed by atoms with Gasteiger partial charge in [0.05, 0.1) is 85.5 Å². The number of benzene rings is 1. The fourth-order valence-electron chi connectivity index (χ4n) is 10.4. The summed E-state index contributed by atoms with van der Waals surface area (Å²) < 4.78 is 24.2. The Morgan fingerprint density at radius 1 is 0.735 bits per heavy atom. The number of carbonyl (C=O) groups excluding carboxylic acids is 4. The first-order valence-corrected chi connectivity index (χ1v) is 29.0. The highest BCUT2D eigenvalue weighted by molar-refractivity contribution is 5.96. The quantitative estimate of drug-likeness (QED) is 0.0996. The fourth-order valence-corrected chi connectivity index (χ4v) is 10.4. The maximum atomic E-state index is 13.6. The zero-order valence-electron chi connectivity index (χ0n) is 48.5. The van der Waals surface area contributed by atoms with E-state index in [9.17, 15) is 70.2 Å². The Balaban J connectivity index is 1.56. The van der Waals surface area contributed by atoms with Crippen molar-refractivity contribution in [3.63, 3.8) is 0 Å². The molecular weight excluding hydrogens is 1070 g/mol. The highest BCUT2D eigenvalue weighted by Gasteiger charge is 2.51. The van der Waals surface area contributed by atoms with Crippen molar-refractivity contribution < 1.29 is 89.2 Å². The SMILES string of the molecule is CCCNC(=O)C1C(O)CC2(O)CC(O)CC(O)CC(O)CC(O)CC(=O)CC(O)CC(=O)OC(C(C)CCC(O)CC(=O)c3ccc(NC)cc3)C(C)/C=C/C=C/C=C\C=C/C=C/C=C/C=C/C(O[C@@H]3O[C@H](C)[C@@H](O)[C@H](N)[C@@H]3O)CC1O2. The predicted octanol–water partition coefficient (Wildman–Crippen LogP) is 3.19. The lowest BCUT2D eigenvalue weighted by Crippen LogP contribution is -2.62. The van der Waals surface area contributed by atoms with E-state index in [1.54, 1.807) is 117 Å². The van der Waals surface area contributed by atoms with Gasteiger partial charge in [0.15, 0.2) is 17.9 Å². The summed E-state index contributed by atoms with van der Waals surface area (Å²) >= 11 is 0. The first kappa shape index (κ1) is 70.4. The molecule has 3 aliphatic heterocycles. The number of ether oxygens (including phenoxy) is 4. The lowest BCUT2D eigenvalue weighted by Gasteiger charge is -2.46. The molecule has 14 unspecified atom stereocenters. The smallest absolute Gasteiger partial charge is 0.308 e. The van der Waals surface area contributed by atoms with E-state index < -0.39 is 160 Å². The summed E-state index contributed by atoms with van der Waals surface area (Å²) in [5.41, 5.74) is 7.43. The number of cyclic esters (lactones) is 1. The van der Waals surface area contributed by atoms with E-state index in [1.807, 2.05) is 26.8 Å². The lowest BCUT2D eigenvalue weighted by atomic mass is 9.82. The summed E-state index contributed by atoms with van der Waals surface area (Å²) in [7, 11) is 1.77. The summed E-state index contributed by atoms with van der Waals surface area (Å²) in [6.07, 6.45) is 4.08. The Kier molecular flexibility index (Phi) is 30.6. The second-order valence-corrected chi connectivity index (χ2v) is 22.4. The molecule has 2 fully saturated rings. The van der Waals surface area contributed by atoms with Crippen molar-refractivity contribution in [2.24, 2.45) is 23.5 Å². The number of hydrogen-bond donors (Lipinski definition) is 13. The average molecular weight is 1170 g/mol. The van der Waals surface area contributed by atoms with Crippen LogP contribution < -0.4 is 16.4 Å². The van der Waals surface area contributed by atoms with Gasteiger partial charge >= 0.3 is 5.97 Å². The van der Waals surface area contributed by atoms with Crippen molar-refractivity contribution in [1.82, 2.24) is 5.32 Å². The number of esters is 1.